The fraction of sp³-hybridized carbons (Fsp3) is 1.00. The van der Waals surface area contributed by atoms with Gasteiger partial charge in [-0.25, -0.2) is 0 Å². The third kappa shape index (κ3) is 20.2. The quantitative estimate of drug-likeness (QED) is 0.176. The van der Waals surface area contributed by atoms with E-state index in [1.165, 1.54) is 120 Å². The van der Waals surface area contributed by atoms with Gasteiger partial charge < -0.3 is 8.97 Å². The Labute approximate surface area is 167 Å². The van der Waals surface area contributed by atoms with Gasteiger partial charge in [0, 0.05) is 6.42 Å². The summed E-state index contributed by atoms with van der Waals surface area (Å²) in [6.45, 7) is 6.27. The minimum absolute atomic E-state index is 1.10. The highest BCUT2D eigenvalue weighted by molar-refractivity contribution is 4.49. The molecule has 0 aromatic heterocycles. The Kier molecular flexibility index (Phi) is 15.9. The predicted octanol–water partition coefficient (Wildman–Crippen LogP) is 6.64. The van der Waals surface area contributed by atoms with Gasteiger partial charge >= 0.3 is 0 Å². The van der Waals surface area contributed by atoms with Crippen LogP contribution in [-0.4, -0.2) is 63.8 Å². The number of hydrogen-bond donors (Lipinski definition) is 0. The number of rotatable bonds is 19. The molecule has 0 aliphatic rings. The maximum absolute atomic E-state index is 2.41. The smallest absolute Gasteiger partial charge is 0.0836 e. The van der Waals surface area contributed by atoms with Crippen molar-refractivity contribution in [3.05, 3.63) is 0 Å². The number of hydrogen-bond acceptors (Lipinski definition) is 0. The summed E-state index contributed by atoms with van der Waals surface area (Å²) in [5, 5.41) is 0. The van der Waals surface area contributed by atoms with Gasteiger partial charge in [0.2, 0.25) is 0 Å². The van der Waals surface area contributed by atoms with Crippen LogP contribution in [0.5, 0.6) is 0 Å². The third-order valence-corrected chi connectivity index (χ3v) is 5.71. The van der Waals surface area contributed by atoms with Gasteiger partial charge in [-0.05, 0) is 12.8 Å². The van der Waals surface area contributed by atoms with E-state index in [1.54, 1.807) is 0 Å². The molecule has 2 heteroatoms. The topological polar surface area (TPSA) is 0 Å². The van der Waals surface area contributed by atoms with Gasteiger partial charge in [-0.3, -0.25) is 0 Å². The minimum Gasteiger partial charge on any atom is -0.331 e. The lowest BCUT2D eigenvalue weighted by Gasteiger charge is -2.31. The molecule has 0 amide bonds. The van der Waals surface area contributed by atoms with Gasteiger partial charge in [0.05, 0.1) is 54.9 Å². The molecule has 158 valence electrons. The van der Waals surface area contributed by atoms with Crippen LogP contribution in [0.25, 0.3) is 0 Å². The number of nitrogens with zero attached hydrogens (tertiary/aromatic N) is 2. The zero-order valence-corrected chi connectivity index (χ0v) is 19.6. The van der Waals surface area contributed by atoms with E-state index in [-0.39, 0.29) is 0 Å². The molecule has 0 atom stereocenters. The first-order chi connectivity index (χ1) is 12.3. The Morgan fingerprint density at radius 1 is 0.385 bits per heavy atom. The van der Waals surface area contributed by atoms with Crippen molar-refractivity contribution in [2.45, 2.75) is 103 Å². The highest BCUT2D eigenvalue weighted by Crippen LogP contribution is 2.13. The second kappa shape index (κ2) is 15.9. The average Bonchev–Trinajstić information content (AvgIpc) is 2.53. The summed E-state index contributed by atoms with van der Waals surface area (Å²) in [5.74, 6) is 0. The molecule has 0 spiro atoms. The van der Waals surface area contributed by atoms with Gasteiger partial charge in [-0.1, -0.05) is 84.0 Å². The third-order valence-electron chi connectivity index (χ3n) is 5.71. The van der Waals surface area contributed by atoms with E-state index < -0.39 is 0 Å². The SMILES string of the molecule is CCCCCCCCCCCCCCCC[N+](C)(C)CCC[N+](C)(C)C. The fourth-order valence-corrected chi connectivity index (χ4v) is 3.82. The molecule has 0 aliphatic heterocycles. The molecule has 0 saturated heterocycles. The molecule has 26 heavy (non-hydrogen) atoms. The molecule has 0 aliphatic carbocycles. The minimum atomic E-state index is 1.10. The summed E-state index contributed by atoms with van der Waals surface area (Å²) < 4.78 is 2.30. The largest absolute Gasteiger partial charge is 0.331 e. The van der Waals surface area contributed by atoms with Crippen molar-refractivity contribution in [2.24, 2.45) is 0 Å². The van der Waals surface area contributed by atoms with E-state index in [0.717, 1.165) is 4.48 Å². The predicted molar refractivity (Wildman–Crippen MR) is 120 cm³/mol. The van der Waals surface area contributed by atoms with E-state index in [0.29, 0.717) is 0 Å². The Bertz CT molecular complexity index is 291. The molecular weight excluding hydrogens is 316 g/mol. The molecule has 0 rings (SSSR count). The van der Waals surface area contributed by atoms with Crippen molar-refractivity contribution in [3.63, 3.8) is 0 Å². The van der Waals surface area contributed by atoms with Gasteiger partial charge in [0.15, 0.2) is 0 Å². The molecule has 2 nitrogen and oxygen atoms in total. The van der Waals surface area contributed by atoms with Crippen LogP contribution in [0.2, 0.25) is 0 Å². The summed E-state index contributed by atoms with van der Waals surface area (Å²) in [4.78, 5) is 0. The van der Waals surface area contributed by atoms with Gasteiger partial charge in [0.1, 0.15) is 0 Å². The molecule has 0 fully saturated rings. The average molecular weight is 371 g/mol. The Hall–Kier alpha value is -0.0800. The molecule has 0 aromatic rings. The lowest BCUT2D eigenvalue weighted by atomic mass is 10.0. The summed E-state index contributed by atoms with van der Waals surface area (Å²) in [6, 6.07) is 0. The molecule has 0 bridgehead atoms. The van der Waals surface area contributed by atoms with Gasteiger partial charge in [0.25, 0.3) is 0 Å². The molecule has 0 aromatic carbocycles. The lowest BCUT2D eigenvalue weighted by molar-refractivity contribution is -0.902. The van der Waals surface area contributed by atoms with Gasteiger partial charge in [-0.15, -0.1) is 0 Å². The summed E-state index contributed by atoms with van der Waals surface area (Å²) >= 11 is 0. The molecule has 0 unspecified atom stereocenters. The van der Waals surface area contributed by atoms with E-state index in [2.05, 4.69) is 42.2 Å². The maximum atomic E-state index is 2.41. The van der Waals surface area contributed by atoms with E-state index >= 15 is 0 Å². The molecular formula is C24H54N2+2. The van der Waals surface area contributed by atoms with Crippen molar-refractivity contribution >= 4 is 0 Å². The first-order valence-electron chi connectivity index (χ1n) is 11.9. The molecule has 0 heterocycles. The first kappa shape index (κ1) is 25.9. The maximum Gasteiger partial charge on any atom is 0.0836 e. The van der Waals surface area contributed by atoms with Crippen LogP contribution < -0.4 is 0 Å². The van der Waals surface area contributed by atoms with Crippen LogP contribution in [0.1, 0.15) is 103 Å². The summed E-state index contributed by atoms with van der Waals surface area (Å²) in [6.07, 6.45) is 21.7. The Balaban J connectivity index is 3.32. The van der Waals surface area contributed by atoms with Crippen LogP contribution in [0.15, 0.2) is 0 Å². The second-order valence-corrected chi connectivity index (χ2v) is 10.3. The van der Waals surface area contributed by atoms with E-state index in [4.69, 9.17) is 0 Å². The normalized spacial score (nSPS) is 12.7. The molecule has 0 saturated carbocycles. The zero-order chi connectivity index (χ0) is 19.7. The van der Waals surface area contributed by atoms with Crippen LogP contribution in [0, 0.1) is 0 Å². The zero-order valence-electron chi connectivity index (χ0n) is 19.6. The fourth-order valence-electron chi connectivity index (χ4n) is 3.82. The lowest BCUT2D eigenvalue weighted by Crippen LogP contribution is -2.44. The van der Waals surface area contributed by atoms with Crippen molar-refractivity contribution in [1.29, 1.82) is 0 Å². The monoisotopic (exact) mass is 370 g/mol. The van der Waals surface area contributed by atoms with E-state index in [9.17, 15) is 0 Å². The summed E-state index contributed by atoms with van der Waals surface area (Å²) in [5.41, 5.74) is 0. The number of unbranched alkanes of at least 4 members (excludes halogenated alkanes) is 13. The summed E-state index contributed by atoms with van der Waals surface area (Å²) in [7, 11) is 11.7. The second-order valence-electron chi connectivity index (χ2n) is 10.3. The van der Waals surface area contributed by atoms with Crippen LogP contribution >= 0.6 is 0 Å². The Morgan fingerprint density at radius 2 is 0.731 bits per heavy atom. The van der Waals surface area contributed by atoms with Crippen LogP contribution in [-0.2, 0) is 0 Å². The van der Waals surface area contributed by atoms with Gasteiger partial charge in [-0.2, -0.15) is 0 Å². The standard InChI is InChI=1S/C24H54N2/c1-7-8-9-10-11-12-13-14-15-16-17-18-19-20-23-26(5,6)24-21-22-25(2,3)4/h7-24H2,1-6H3/q+2. The van der Waals surface area contributed by atoms with E-state index in [1.807, 2.05) is 0 Å². The van der Waals surface area contributed by atoms with Crippen LogP contribution in [0.3, 0.4) is 0 Å². The highest BCUT2D eigenvalue weighted by Gasteiger charge is 2.16. The molecule has 0 radical (unpaired) electrons. The number of quaternary nitrogens is 2. The molecule has 0 N–H and O–H groups in total. The van der Waals surface area contributed by atoms with Crippen molar-refractivity contribution in [2.75, 3.05) is 54.9 Å². The van der Waals surface area contributed by atoms with Crippen molar-refractivity contribution in [3.8, 4) is 0 Å². The Morgan fingerprint density at radius 3 is 1.12 bits per heavy atom. The highest BCUT2D eigenvalue weighted by atomic mass is 15.3. The van der Waals surface area contributed by atoms with Crippen molar-refractivity contribution in [1.82, 2.24) is 0 Å². The first-order valence-corrected chi connectivity index (χ1v) is 11.9. The van der Waals surface area contributed by atoms with Crippen LogP contribution in [0.4, 0.5) is 0 Å². The van der Waals surface area contributed by atoms with Crippen molar-refractivity contribution < 1.29 is 8.97 Å².